The van der Waals surface area contributed by atoms with Gasteiger partial charge >= 0.3 is 0 Å². The van der Waals surface area contributed by atoms with Crippen LogP contribution in [0.4, 0.5) is 0 Å². The number of aromatic nitrogens is 2. The van der Waals surface area contributed by atoms with E-state index in [0.717, 1.165) is 16.8 Å². The fraction of sp³-hybridized carbons (Fsp3) is 0.143. The summed E-state index contributed by atoms with van der Waals surface area (Å²) < 4.78 is 0. The van der Waals surface area contributed by atoms with Gasteiger partial charge in [-0.25, -0.2) is 0 Å². The Labute approximate surface area is 157 Å². The van der Waals surface area contributed by atoms with Crippen molar-refractivity contribution in [1.82, 2.24) is 20.6 Å². The zero-order valence-electron chi connectivity index (χ0n) is 15.0. The summed E-state index contributed by atoms with van der Waals surface area (Å²) in [5.41, 5.74) is 3.49. The van der Waals surface area contributed by atoms with E-state index in [-0.39, 0.29) is 17.5 Å². The molecule has 3 rings (SSSR count). The van der Waals surface area contributed by atoms with E-state index in [0.29, 0.717) is 18.7 Å². The molecule has 0 atom stereocenters. The smallest absolute Gasteiger partial charge is 0.270 e. The van der Waals surface area contributed by atoms with Crippen molar-refractivity contribution in [3.05, 3.63) is 95.1 Å². The number of hydrogen-bond donors (Lipinski definition) is 2. The molecule has 0 radical (unpaired) electrons. The number of aryl methyl sites for hydroxylation is 1. The Morgan fingerprint density at radius 1 is 0.852 bits per heavy atom. The van der Waals surface area contributed by atoms with Crippen molar-refractivity contribution in [3.8, 4) is 0 Å². The SMILES string of the molecule is Cc1ccccc1CNC(=O)c1ccnc(C(=O)NCc2ccccn2)c1. The molecule has 0 saturated carbocycles. The van der Waals surface area contributed by atoms with Crippen LogP contribution >= 0.6 is 0 Å². The maximum absolute atomic E-state index is 12.4. The monoisotopic (exact) mass is 360 g/mol. The molecule has 136 valence electrons. The van der Waals surface area contributed by atoms with Crippen LogP contribution < -0.4 is 10.6 Å². The van der Waals surface area contributed by atoms with Gasteiger partial charge in [0.25, 0.3) is 11.8 Å². The Morgan fingerprint density at radius 3 is 2.41 bits per heavy atom. The molecular formula is C21H20N4O2. The van der Waals surface area contributed by atoms with Gasteiger partial charge in [0.05, 0.1) is 12.2 Å². The third kappa shape index (κ3) is 4.98. The molecule has 3 aromatic rings. The number of benzene rings is 1. The highest BCUT2D eigenvalue weighted by atomic mass is 16.2. The molecule has 1 aromatic carbocycles. The minimum absolute atomic E-state index is 0.189. The summed E-state index contributed by atoms with van der Waals surface area (Å²) in [5, 5.41) is 5.62. The first-order valence-electron chi connectivity index (χ1n) is 8.60. The number of nitrogens with one attached hydrogen (secondary N) is 2. The maximum atomic E-state index is 12.4. The topological polar surface area (TPSA) is 84.0 Å². The van der Waals surface area contributed by atoms with Gasteiger partial charge in [-0.15, -0.1) is 0 Å². The second kappa shape index (κ2) is 8.71. The fourth-order valence-electron chi connectivity index (χ4n) is 2.55. The lowest BCUT2D eigenvalue weighted by Gasteiger charge is -2.09. The molecule has 0 aliphatic heterocycles. The van der Waals surface area contributed by atoms with Gasteiger partial charge in [0.15, 0.2) is 0 Å². The minimum atomic E-state index is -0.353. The predicted octanol–water partition coefficient (Wildman–Crippen LogP) is 2.65. The molecule has 0 aliphatic rings. The van der Waals surface area contributed by atoms with E-state index in [1.165, 1.54) is 12.3 Å². The number of nitrogens with zero attached hydrogens (tertiary/aromatic N) is 2. The standard InChI is InChI=1S/C21H20N4O2/c1-15-6-2-3-7-17(15)13-24-20(26)16-9-11-23-19(12-16)21(27)25-14-18-8-4-5-10-22-18/h2-12H,13-14H2,1H3,(H,24,26)(H,25,27). The molecule has 6 heteroatoms. The zero-order chi connectivity index (χ0) is 19.1. The Bertz CT molecular complexity index is 942. The van der Waals surface area contributed by atoms with Crippen LogP contribution in [0.5, 0.6) is 0 Å². The van der Waals surface area contributed by atoms with Crippen molar-refractivity contribution in [2.75, 3.05) is 0 Å². The molecule has 2 heterocycles. The summed E-state index contributed by atoms with van der Waals surface area (Å²) in [6.07, 6.45) is 3.12. The molecule has 0 unspecified atom stereocenters. The first-order valence-corrected chi connectivity index (χ1v) is 8.60. The van der Waals surface area contributed by atoms with E-state index >= 15 is 0 Å². The summed E-state index contributed by atoms with van der Waals surface area (Å²) in [6.45, 7) is 2.72. The number of carbonyl (C=O) groups excluding carboxylic acids is 2. The Balaban J connectivity index is 1.61. The second-order valence-electron chi connectivity index (χ2n) is 6.04. The predicted molar refractivity (Wildman–Crippen MR) is 102 cm³/mol. The molecule has 2 aromatic heterocycles. The molecule has 6 nitrogen and oxygen atoms in total. The molecule has 0 aliphatic carbocycles. The number of amides is 2. The highest BCUT2D eigenvalue weighted by Gasteiger charge is 2.12. The summed E-state index contributed by atoms with van der Waals surface area (Å²) in [7, 11) is 0. The third-order valence-corrected chi connectivity index (χ3v) is 4.11. The lowest BCUT2D eigenvalue weighted by Crippen LogP contribution is -2.26. The fourth-order valence-corrected chi connectivity index (χ4v) is 2.55. The minimum Gasteiger partial charge on any atom is -0.348 e. The number of rotatable bonds is 6. The molecule has 0 spiro atoms. The van der Waals surface area contributed by atoms with Crippen LogP contribution in [-0.4, -0.2) is 21.8 Å². The first-order chi connectivity index (χ1) is 13.1. The van der Waals surface area contributed by atoms with Crippen LogP contribution in [-0.2, 0) is 13.1 Å². The van der Waals surface area contributed by atoms with E-state index in [1.807, 2.05) is 49.4 Å². The normalized spacial score (nSPS) is 10.3. The van der Waals surface area contributed by atoms with E-state index in [2.05, 4.69) is 20.6 Å². The summed E-state index contributed by atoms with van der Waals surface area (Å²) in [4.78, 5) is 32.9. The second-order valence-corrected chi connectivity index (χ2v) is 6.04. The van der Waals surface area contributed by atoms with Gasteiger partial charge in [0, 0.05) is 24.5 Å². The maximum Gasteiger partial charge on any atom is 0.270 e. The van der Waals surface area contributed by atoms with Crippen LogP contribution in [0, 0.1) is 6.92 Å². The van der Waals surface area contributed by atoms with Crippen LogP contribution in [0.25, 0.3) is 0 Å². The largest absolute Gasteiger partial charge is 0.348 e. The van der Waals surface area contributed by atoms with Crippen LogP contribution in [0.1, 0.15) is 37.7 Å². The lowest BCUT2D eigenvalue weighted by atomic mass is 10.1. The number of carbonyl (C=O) groups is 2. The quantitative estimate of drug-likeness (QED) is 0.708. The van der Waals surface area contributed by atoms with Gasteiger partial charge in [0.1, 0.15) is 5.69 Å². The first kappa shape index (κ1) is 18.3. The van der Waals surface area contributed by atoms with Gasteiger partial charge in [-0.1, -0.05) is 30.3 Å². The third-order valence-electron chi connectivity index (χ3n) is 4.11. The highest BCUT2D eigenvalue weighted by molar-refractivity contribution is 5.98. The van der Waals surface area contributed by atoms with Crippen LogP contribution in [0.3, 0.4) is 0 Å². The van der Waals surface area contributed by atoms with E-state index in [9.17, 15) is 9.59 Å². The van der Waals surface area contributed by atoms with Crippen molar-refractivity contribution in [2.24, 2.45) is 0 Å². The van der Waals surface area contributed by atoms with Gasteiger partial charge in [0.2, 0.25) is 0 Å². The van der Waals surface area contributed by atoms with Crippen molar-refractivity contribution < 1.29 is 9.59 Å². The Hall–Kier alpha value is -3.54. The van der Waals surface area contributed by atoms with Crippen LogP contribution in [0.2, 0.25) is 0 Å². The molecule has 0 saturated heterocycles. The summed E-state index contributed by atoms with van der Waals surface area (Å²) in [5.74, 6) is -0.603. The lowest BCUT2D eigenvalue weighted by molar-refractivity contribution is 0.0945. The molecule has 2 N–H and O–H groups in total. The van der Waals surface area contributed by atoms with Crippen molar-refractivity contribution in [1.29, 1.82) is 0 Å². The molecular weight excluding hydrogens is 340 g/mol. The van der Waals surface area contributed by atoms with Gasteiger partial charge < -0.3 is 10.6 Å². The van der Waals surface area contributed by atoms with E-state index in [1.54, 1.807) is 12.3 Å². The van der Waals surface area contributed by atoms with Gasteiger partial charge in [-0.3, -0.25) is 19.6 Å². The van der Waals surface area contributed by atoms with Crippen molar-refractivity contribution in [3.63, 3.8) is 0 Å². The highest BCUT2D eigenvalue weighted by Crippen LogP contribution is 2.08. The van der Waals surface area contributed by atoms with Crippen LogP contribution in [0.15, 0.2) is 67.0 Å². The van der Waals surface area contributed by atoms with Crippen molar-refractivity contribution >= 4 is 11.8 Å². The zero-order valence-corrected chi connectivity index (χ0v) is 15.0. The number of hydrogen-bond acceptors (Lipinski definition) is 4. The Kier molecular flexibility index (Phi) is 5.89. The van der Waals surface area contributed by atoms with E-state index in [4.69, 9.17) is 0 Å². The Morgan fingerprint density at radius 2 is 1.63 bits per heavy atom. The van der Waals surface area contributed by atoms with Gasteiger partial charge in [-0.2, -0.15) is 0 Å². The van der Waals surface area contributed by atoms with Crippen molar-refractivity contribution in [2.45, 2.75) is 20.0 Å². The molecule has 2 amide bonds. The summed E-state index contributed by atoms with van der Waals surface area (Å²) in [6, 6.07) is 16.4. The number of pyridine rings is 2. The molecule has 0 bridgehead atoms. The van der Waals surface area contributed by atoms with E-state index < -0.39 is 0 Å². The summed E-state index contributed by atoms with van der Waals surface area (Å²) >= 11 is 0. The average Bonchev–Trinajstić information content (AvgIpc) is 2.72. The molecule has 0 fully saturated rings. The van der Waals surface area contributed by atoms with Gasteiger partial charge in [-0.05, 0) is 42.3 Å². The average molecular weight is 360 g/mol. The molecule has 27 heavy (non-hydrogen) atoms.